The number of imidazole rings is 1. The highest BCUT2D eigenvalue weighted by Crippen LogP contribution is 2.42. The number of nitrogens with zero attached hydrogens (tertiary/aromatic N) is 2. The van der Waals surface area contributed by atoms with Crippen LogP contribution < -0.4 is 0 Å². The molecule has 2 unspecified atom stereocenters. The van der Waals surface area contributed by atoms with Crippen molar-refractivity contribution < 1.29 is 19.7 Å². The van der Waals surface area contributed by atoms with Gasteiger partial charge in [-0.25, -0.2) is 9.78 Å². The van der Waals surface area contributed by atoms with Gasteiger partial charge in [-0.3, -0.25) is 0 Å². The minimum Gasteiger partial charge on any atom is -0.478 e. The fourth-order valence-electron chi connectivity index (χ4n) is 5.51. The lowest BCUT2D eigenvalue weighted by Crippen LogP contribution is -2.30. The molecule has 1 fully saturated rings. The van der Waals surface area contributed by atoms with Crippen LogP contribution in [0.1, 0.15) is 65.2 Å². The van der Waals surface area contributed by atoms with Gasteiger partial charge in [0.25, 0.3) is 0 Å². The summed E-state index contributed by atoms with van der Waals surface area (Å²) >= 11 is 0. The zero-order valence-electron chi connectivity index (χ0n) is 18.9. The van der Waals surface area contributed by atoms with Crippen LogP contribution in [0.4, 0.5) is 0 Å². The van der Waals surface area contributed by atoms with Crippen LogP contribution in [0, 0.1) is 12.8 Å². The van der Waals surface area contributed by atoms with Crippen LogP contribution in [0.25, 0.3) is 11.3 Å². The number of aromatic carboxylic acids is 1. The normalized spacial score (nSPS) is 22.5. The van der Waals surface area contributed by atoms with E-state index in [1.165, 1.54) is 11.1 Å². The van der Waals surface area contributed by atoms with E-state index in [1.54, 1.807) is 12.1 Å². The van der Waals surface area contributed by atoms with Crippen molar-refractivity contribution in [2.24, 2.45) is 5.92 Å². The maximum Gasteiger partial charge on any atom is 0.335 e. The van der Waals surface area contributed by atoms with Crippen LogP contribution in [0.15, 0.2) is 55.0 Å². The molecule has 6 nitrogen and oxygen atoms in total. The first-order valence-corrected chi connectivity index (χ1v) is 11.8. The molecule has 6 heteroatoms. The van der Waals surface area contributed by atoms with Gasteiger partial charge in [-0.15, -0.1) is 0 Å². The molecule has 0 bridgehead atoms. The molecule has 2 aliphatic rings. The Hall–Kier alpha value is -2.96. The summed E-state index contributed by atoms with van der Waals surface area (Å²) in [4.78, 5) is 15.7. The van der Waals surface area contributed by atoms with E-state index in [-0.39, 0.29) is 24.2 Å². The lowest BCUT2D eigenvalue weighted by Gasteiger charge is -2.33. The number of aromatic nitrogens is 2. The second kappa shape index (κ2) is 9.12. The number of rotatable bonds is 7. The zero-order chi connectivity index (χ0) is 22.9. The van der Waals surface area contributed by atoms with Gasteiger partial charge in [0, 0.05) is 5.56 Å². The van der Waals surface area contributed by atoms with Gasteiger partial charge < -0.3 is 19.5 Å². The second-order valence-corrected chi connectivity index (χ2v) is 9.33. The third kappa shape index (κ3) is 4.21. The Labute approximate surface area is 193 Å². The smallest absolute Gasteiger partial charge is 0.335 e. The van der Waals surface area contributed by atoms with E-state index in [9.17, 15) is 15.0 Å². The predicted octanol–water partition coefficient (Wildman–Crippen LogP) is 4.99. The van der Waals surface area contributed by atoms with Gasteiger partial charge in [-0.2, -0.15) is 0 Å². The largest absolute Gasteiger partial charge is 0.478 e. The van der Waals surface area contributed by atoms with Crippen LogP contribution in [0.3, 0.4) is 0 Å². The van der Waals surface area contributed by atoms with Gasteiger partial charge in [-0.05, 0) is 67.7 Å². The molecule has 2 heterocycles. The van der Waals surface area contributed by atoms with Crippen molar-refractivity contribution in [2.45, 2.75) is 63.9 Å². The van der Waals surface area contributed by atoms with Crippen LogP contribution in [-0.2, 0) is 11.3 Å². The van der Waals surface area contributed by atoms with Crippen LogP contribution in [-0.4, -0.2) is 37.9 Å². The standard InChI is InChI=1S/C27H30N2O4/c1-17-19(5-4-8-21(17)27(31)32)15-33-20-11-9-18(10-12-20)26(30)13-24-22-6-2-3-7-23(22)25-14-28-16-29(24)25/h2-8,14,16,18,20,24,26,30H,9-13,15H2,1H3,(H,31,32). The number of carbonyl (C=O) groups is 1. The second-order valence-electron chi connectivity index (χ2n) is 9.33. The summed E-state index contributed by atoms with van der Waals surface area (Å²) in [6, 6.07) is 13.9. The first-order valence-electron chi connectivity index (χ1n) is 11.8. The summed E-state index contributed by atoms with van der Waals surface area (Å²) in [5.41, 5.74) is 5.63. The number of aliphatic hydroxyl groups is 1. The Bertz CT molecular complexity index is 1150. The molecule has 1 aliphatic heterocycles. The Balaban J connectivity index is 1.16. The van der Waals surface area contributed by atoms with Gasteiger partial charge in [0.1, 0.15) is 0 Å². The van der Waals surface area contributed by atoms with Crippen molar-refractivity contribution in [3.63, 3.8) is 0 Å². The maximum atomic E-state index is 11.4. The van der Waals surface area contributed by atoms with Crippen LogP contribution >= 0.6 is 0 Å². The number of hydrogen-bond acceptors (Lipinski definition) is 4. The summed E-state index contributed by atoms with van der Waals surface area (Å²) in [5.74, 6) is -0.641. The van der Waals surface area contributed by atoms with E-state index in [1.807, 2.05) is 25.5 Å². The van der Waals surface area contributed by atoms with E-state index in [0.717, 1.165) is 42.5 Å². The first-order chi connectivity index (χ1) is 16.0. The molecule has 1 saturated carbocycles. The van der Waals surface area contributed by atoms with Gasteiger partial charge in [0.05, 0.1) is 48.6 Å². The van der Waals surface area contributed by atoms with Gasteiger partial charge in [0.15, 0.2) is 0 Å². The number of carboxylic acids is 1. The molecular weight excluding hydrogens is 416 g/mol. The third-order valence-electron chi connectivity index (χ3n) is 7.48. The molecule has 172 valence electrons. The minimum absolute atomic E-state index is 0.132. The number of benzene rings is 2. The van der Waals surface area contributed by atoms with E-state index in [4.69, 9.17) is 4.74 Å². The monoisotopic (exact) mass is 446 g/mol. The highest BCUT2D eigenvalue weighted by atomic mass is 16.5. The average Bonchev–Trinajstić information content (AvgIpc) is 3.41. The van der Waals surface area contributed by atoms with E-state index < -0.39 is 5.97 Å². The number of carboxylic acid groups (broad SMARTS) is 1. The zero-order valence-corrected chi connectivity index (χ0v) is 18.9. The lowest BCUT2D eigenvalue weighted by molar-refractivity contribution is -0.0161. The van der Waals surface area contributed by atoms with E-state index in [0.29, 0.717) is 18.6 Å². The molecule has 2 N–H and O–H groups in total. The van der Waals surface area contributed by atoms with Gasteiger partial charge in [0.2, 0.25) is 0 Å². The summed E-state index contributed by atoms with van der Waals surface area (Å²) in [6.45, 7) is 2.26. The molecule has 5 rings (SSSR count). The molecule has 3 aromatic rings. The van der Waals surface area contributed by atoms with Crippen molar-refractivity contribution in [3.05, 3.63) is 77.2 Å². The van der Waals surface area contributed by atoms with E-state index >= 15 is 0 Å². The molecular formula is C27H30N2O4. The van der Waals surface area contributed by atoms with Crippen molar-refractivity contribution >= 4 is 5.97 Å². The summed E-state index contributed by atoms with van der Waals surface area (Å²) in [7, 11) is 0. The molecule has 0 saturated heterocycles. The summed E-state index contributed by atoms with van der Waals surface area (Å²) < 4.78 is 8.33. The maximum absolute atomic E-state index is 11.4. The molecule has 1 aliphatic carbocycles. The topological polar surface area (TPSA) is 84.6 Å². The average molecular weight is 447 g/mol. The number of aliphatic hydroxyl groups excluding tert-OH is 1. The molecule has 0 radical (unpaired) electrons. The summed E-state index contributed by atoms with van der Waals surface area (Å²) in [5, 5.41) is 20.4. The Morgan fingerprint density at radius 1 is 1.15 bits per heavy atom. The number of fused-ring (bicyclic) bond motifs is 3. The van der Waals surface area contributed by atoms with Crippen LogP contribution in [0.5, 0.6) is 0 Å². The van der Waals surface area contributed by atoms with Gasteiger partial charge in [-0.1, -0.05) is 36.4 Å². The van der Waals surface area contributed by atoms with Crippen molar-refractivity contribution in [2.75, 3.05) is 0 Å². The summed E-state index contributed by atoms with van der Waals surface area (Å²) in [6.07, 6.45) is 7.95. The number of hydrogen-bond donors (Lipinski definition) is 2. The Kier molecular flexibility index (Phi) is 6.04. The molecule has 0 amide bonds. The van der Waals surface area contributed by atoms with Crippen molar-refractivity contribution in [3.8, 4) is 11.3 Å². The Morgan fingerprint density at radius 2 is 1.94 bits per heavy atom. The quantitative estimate of drug-likeness (QED) is 0.534. The Morgan fingerprint density at radius 3 is 2.73 bits per heavy atom. The van der Waals surface area contributed by atoms with Gasteiger partial charge >= 0.3 is 5.97 Å². The highest BCUT2D eigenvalue weighted by molar-refractivity contribution is 5.89. The molecule has 2 aromatic carbocycles. The lowest BCUT2D eigenvalue weighted by atomic mass is 9.81. The fraction of sp³-hybridized carbons (Fsp3) is 0.407. The highest BCUT2D eigenvalue weighted by Gasteiger charge is 2.33. The van der Waals surface area contributed by atoms with Crippen LogP contribution in [0.2, 0.25) is 0 Å². The fourth-order valence-corrected chi connectivity index (χ4v) is 5.51. The molecule has 2 atom stereocenters. The first kappa shape index (κ1) is 21.9. The third-order valence-corrected chi connectivity index (χ3v) is 7.48. The SMILES string of the molecule is Cc1c(COC2CCC(C(O)CC3c4ccccc4-c4cncn43)CC2)cccc1C(=O)O. The predicted molar refractivity (Wildman–Crippen MR) is 125 cm³/mol. The molecule has 33 heavy (non-hydrogen) atoms. The molecule has 0 spiro atoms. The molecule has 1 aromatic heterocycles. The number of ether oxygens (including phenoxy) is 1. The van der Waals surface area contributed by atoms with E-state index in [2.05, 4.69) is 33.8 Å². The van der Waals surface area contributed by atoms with Crippen molar-refractivity contribution in [1.82, 2.24) is 9.55 Å². The minimum atomic E-state index is -0.906. The van der Waals surface area contributed by atoms with Crippen molar-refractivity contribution in [1.29, 1.82) is 0 Å².